The molecule has 2 rings (SSSR count). The molecule has 0 atom stereocenters. The molecular formula is C10H8N2O3. The molecule has 5 nitrogen and oxygen atoms in total. The van der Waals surface area contributed by atoms with Gasteiger partial charge in [0.15, 0.2) is 0 Å². The Labute approximate surface area is 84.2 Å². The van der Waals surface area contributed by atoms with E-state index in [0.717, 1.165) is 0 Å². The number of aromatic carboxylic acids is 1. The maximum absolute atomic E-state index is 11.3. The summed E-state index contributed by atoms with van der Waals surface area (Å²) in [6.45, 7) is 0. The van der Waals surface area contributed by atoms with Crippen molar-refractivity contribution in [1.29, 1.82) is 0 Å². The quantitative estimate of drug-likeness (QED) is 0.599. The number of rotatable bonds is 1. The minimum Gasteiger partial charge on any atom is -0.477 e. The second kappa shape index (κ2) is 3.13. The third kappa shape index (κ3) is 1.54. The molecule has 0 amide bonds. The highest BCUT2D eigenvalue weighted by atomic mass is 16.4. The number of aromatic amines is 1. The van der Waals surface area contributed by atoms with E-state index in [2.05, 4.69) is 4.98 Å². The highest BCUT2D eigenvalue weighted by molar-refractivity contribution is 5.93. The van der Waals surface area contributed by atoms with E-state index >= 15 is 0 Å². The number of carboxylic acid groups (broad SMARTS) is 1. The van der Waals surface area contributed by atoms with Crippen molar-refractivity contribution in [3.05, 3.63) is 40.2 Å². The summed E-state index contributed by atoms with van der Waals surface area (Å²) < 4.78 is 0. The first kappa shape index (κ1) is 9.26. The number of carboxylic acids is 1. The molecule has 2 aromatic rings. The summed E-state index contributed by atoms with van der Waals surface area (Å²) in [5.41, 5.74) is 5.74. The summed E-state index contributed by atoms with van der Waals surface area (Å²) in [4.78, 5) is 24.5. The van der Waals surface area contributed by atoms with Crippen molar-refractivity contribution >= 4 is 22.6 Å². The van der Waals surface area contributed by atoms with E-state index in [4.69, 9.17) is 10.8 Å². The summed E-state index contributed by atoms with van der Waals surface area (Å²) in [6.07, 6.45) is 0. The Morgan fingerprint density at radius 3 is 2.73 bits per heavy atom. The summed E-state index contributed by atoms with van der Waals surface area (Å²) in [5.74, 6) is -1.25. The van der Waals surface area contributed by atoms with E-state index in [1.165, 1.54) is 6.07 Å². The van der Waals surface area contributed by atoms with Gasteiger partial charge in [-0.15, -0.1) is 0 Å². The van der Waals surface area contributed by atoms with Crippen LogP contribution in [0.2, 0.25) is 0 Å². The standard InChI is InChI=1S/C10H8N2O3/c11-6-1-2-8-5(3-6)4-7(10(14)15)9(13)12-8/h1-4H,11H2,(H,12,13)(H,14,15). The molecule has 0 fully saturated rings. The minimum absolute atomic E-state index is 0.284. The van der Waals surface area contributed by atoms with Gasteiger partial charge in [-0.3, -0.25) is 4.79 Å². The molecule has 5 heteroatoms. The molecule has 1 aromatic heterocycles. The first-order valence-electron chi connectivity index (χ1n) is 4.24. The van der Waals surface area contributed by atoms with Gasteiger partial charge in [0.2, 0.25) is 0 Å². The van der Waals surface area contributed by atoms with Gasteiger partial charge in [-0.05, 0) is 24.3 Å². The van der Waals surface area contributed by atoms with Gasteiger partial charge in [0.1, 0.15) is 5.56 Å². The molecule has 1 heterocycles. The number of nitrogens with one attached hydrogen (secondary N) is 1. The van der Waals surface area contributed by atoms with E-state index in [0.29, 0.717) is 16.6 Å². The summed E-state index contributed by atoms with van der Waals surface area (Å²) in [5, 5.41) is 9.35. The number of pyridine rings is 1. The molecule has 0 radical (unpaired) electrons. The largest absolute Gasteiger partial charge is 0.477 e. The number of nitrogens with two attached hydrogens (primary N) is 1. The number of benzene rings is 1. The van der Waals surface area contributed by atoms with E-state index in [1.54, 1.807) is 18.2 Å². The Hall–Kier alpha value is -2.30. The molecule has 0 saturated heterocycles. The average Bonchev–Trinajstić information content (AvgIpc) is 2.17. The monoisotopic (exact) mass is 204 g/mol. The van der Waals surface area contributed by atoms with Gasteiger partial charge in [0, 0.05) is 16.6 Å². The number of hydrogen-bond acceptors (Lipinski definition) is 3. The lowest BCUT2D eigenvalue weighted by Gasteiger charge is -2.00. The van der Waals surface area contributed by atoms with Crippen LogP contribution >= 0.6 is 0 Å². The highest BCUT2D eigenvalue weighted by Gasteiger charge is 2.09. The van der Waals surface area contributed by atoms with Crippen LogP contribution in [0.15, 0.2) is 29.1 Å². The van der Waals surface area contributed by atoms with Crippen LogP contribution in [-0.4, -0.2) is 16.1 Å². The van der Waals surface area contributed by atoms with Crippen molar-refractivity contribution in [2.24, 2.45) is 0 Å². The number of anilines is 1. The lowest BCUT2D eigenvalue weighted by Crippen LogP contribution is -2.16. The van der Waals surface area contributed by atoms with E-state index in [-0.39, 0.29) is 5.56 Å². The minimum atomic E-state index is -1.25. The lowest BCUT2D eigenvalue weighted by atomic mass is 10.1. The van der Waals surface area contributed by atoms with Crippen LogP contribution in [0.5, 0.6) is 0 Å². The van der Waals surface area contributed by atoms with Crippen molar-refractivity contribution < 1.29 is 9.90 Å². The van der Waals surface area contributed by atoms with E-state index in [9.17, 15) is 9.59 Å². The van der Waals surface area contributed by atoms with Crippen LogP contribution in [0.3, 0.4) is 0 Å². The number of hydrogen-bond donors (Lipinski definition) is 3. The molecule has 0 bridgehead atoms. The number of fused-ring (bicyclic) bond motifs is 1. The Kier molecular flexibility index (Phi) is 1.93. The molecule has 15 heavy (non-hydrogen) atoms. The fourth-order valence-electron chi connectivity index (χ4n) is 1.38. The molecule has 4 N–H and O–H groups in total. The number of aromatic nitrogens is 1. The van der Waals surface area contributed by atoms with Gasteiger partial charge in [-0.25, -0.2) is 4.79 Å². The van der Waals surface area contributed by atoms with E-state index in [1.807, 2.05) is 0 Å². The average molecular weight is 204 g/mol. The molecular weight excluding hydrogens is 196 g/mol. The fourth-order valence-corrected chi connectivity index (χ4v) is 1.38. The Balaban J connectivity index is 2.83. The third-order valence-electron chi connectivity index (χ3n) is 2.10. The number of nitrogen functional groups attached to an aromatic ring is 1. The topological polar surface area (TPSA) is 96.2 Å². The zero-order valence-corrected chi connectivity index (χ0v) is 7.65. The van der Waals surface area contributed by atoms with Gasteiger partial charge in [-0.1, -0.05) is 0 Å². The molecule has 0 saturated carbocycles. The van der Waals surface area contributed by atoms with Crippen molar-refractivity contribution in [2.75, 3.05) is 5.73 Å². The normalized spacial score (nSPS) is 10.4. The van der Waals surface area contributed by atoms with Gasteiger partial charge >= 0.3 is 5.97 Å². The Morgan fingerprint density at radius 1 is 1.33 bits per heavy atom. The van der Waals surface area contributed by atoms with Crippen molar-refractivity contribution in [2.45, 2.75) is 0 Å². The first-order valence-corrected chi connectivity index (χ1v) is 4.24. The van der Waals surface area contributed by atoms with Crippen LogP contribution in [0.4, 0.5) is 5.69 Å². The van der Waals surface area contributed by atoms with Crippen LogP contribution in [-0.2, 0) is 0 Å². The zero-order chi connectivity index (χ0) is 11.0. The maximum atomic E-state index is 11.3. The predicted molar refractivity (Wildman–Crippen MR) is 55.9 cm³/mol. The highest BCUT2D eigenvalue weighted by Crippen LogP contribution is 2.14. The summed E-state index contributed by atoms with van der Waals surface area (Å²) >= 11 is 0. The second-order valence-electron chi connectivity index (χ2n) is 3.16. The third-order valence-corrected chi connectivity index (χ3v) is 2.10. The summed E-state index contributed by atoms with van der Waals surface area (Å²) in [6, 6.07) is 6.20. The zero-order valence-electron chi connectivity index (χ0n) is 7.65. The molecule has 0 spiro atoms. The van der Waals surface area contributed by atoms with Crippen LogP contribution in [0, 0.1) is 0 Å². The molecule has 0 unspecified atom stereocenters. The first-order chi connectivity index (χ1) is 7.08. The van der Waals surface area contributed by atoms with Gasteiger partial charge in [0.05, 0.1) is 0 Å². The smallest absolute Gasteiger partial charge is 0.341 e. The number of carbonyl (C=O) groups is 1. The maximum Gasteiger partial charge on any atom is 0.341 e. The molecule has 0 aliphatic rings. The lowest BCUT2D eigenvalue weighted by molar-refractivity contribution is 0.0695. The Morgan fingerprint density at radius 2 is 2.07 bits per heavy atom. The molecule has 76 valence electrons. The Bertz CT molecular complexity index is 601. The van der Waals surface area contributed by atoms with Gasteiger partial charge in [0.25, 0.3) is 5.56 Å². The van der Waals surface area contributed by atoms with Crippen molar-refractivity contribution in [3.63, 3.8) is 0 Å². The molecule has 0 aliphatic heterocycles. The van der Waals surface area contributed by atoms with Crippen LogP contribution in [0.25, 0.3) is 10.9 Å². The van der Waals surface area contributed by atoms with Gasteiger partial charge in [-0.2, -0.15) is 0 Å². The number of H-pyrrole nitrogens is 1. The van der Waals surface area contributed by atoms with Crippen LogP contribution < -0.4 is 11.3 Å². The second-order valence-corrected chi connectivity index (χ2v) is 3.16. The molecule has 0 aliphatic carbocycles. The van der Waals surface area contributed by atoms with Gasteiger partial charge < -0.3 is 15.8 Å². The molecule has 1 aromatic carbocycles. The fraction of sp³-hybridized carbons (Fsp3) is 0. The van der Waals surface area contributed by atoms with Crippen LogP contribution in [0.1, 0.15) is 10.4 Å². The van der Waals surface area contributed by atoms with Crippen molar-refractivity contribution in [3.8, 4) is 0 Å². The summed E-state index contributed by atoms with van der Waals surface area (Å²) in [7, 11) is 0. The van der Waals surface area contributed by atoms with Crippen molar-refractivity contribution in [1.82, 2.24) is 4.98 Å². The predicted octanol–water partition coefficient (Wildman–Crippen LogP) is 0.809. The SMILES string of the molecule is Nc1ccc2[nH]c(=O)c(C(=O)O)cc2c1. The van der Waals surface area contributed by atoms with E-state index < -0.39 is 11.5 Å².